The molecule has 1 heterocycles. The quantitative estimate of drug-likeness (QED) is 0.855. The fourth-order valence-electron chi connectivity index (χ4n) is 1.71. The zero-order valence-corrected chi connectivity index (χ0v) is 12.3. The summed E-state index contributed by atoms with van der Waals surface area (Å²) in [4.78, 5) is 5.82. The average Bonchev–Trinajstić information content (AvgIpc) is 2.36. The van der Waals surface area contributed by atoms with E-state index in [0.717, 1.165) is 12.5 Å². The van der Waals surface area contributed by atoms with E-state index in [4.69, 9.17) is 0 Å². The van der Waals surface area contributed by atoms with Crippen LogP contribution in [-0.4, -0.2) is 24.6 Å². The molecule has 0 aliphatic heterocycles. The average molecular weight is 271 g/mol. The van der Waals surface area contributed by atoms with Crippen LogP contribution in [0.4, 0.5) is 20.4 Å². The van der Waals surface area contributed by atoms with Crippen LogP contribution in [0, 0.1) is 17.6 Å². The number of aromatic nitrogens is 1. The summed E-state index contributed by atoms with van der Waals surface area (Å²) in [5.41, 5.74) is 0. The van der Waals surface area contributed by atoms with Crippen LogP contribution < -0.4 is 10.2 Å². The number of nitrogens with one attached hydrogen (secondary N) is 1. The van der Waals surface area contributed by atoms with Crippen molar-refractivity contribution in [3.8, 4) is 0 Å². The van der Waals surface area contributed by atoms with Crippen LogP contribution in [0.25, 0.3) is 0 Å². The number of hydrogen-bond donors (Lipinski definition) is 1. The molecule has 0 aromatic carbocycles. The van der Waals surface area contributed by atoms with Gasteiger partial charge in [-0.05, 0) is 19.3 Å². The van der Waals surface area contributed by atoms with Crippen LogP contribution in [0.15, 0.2) is 6.07 Å². The Hall–Kier alpha value is -1.39. The maximum Gasteiger partial charge on any atom is 0.168 e. The van der Waals surface area contributed by atoms with Crippen LogP contribution in [-0.2, 0) is 0 Å². The van der Waals surface area contributed by atoms with E-state index in [1.165, 1.54) is 0 Å². The first-order valence-electron chi connectivity index (χ1n) is 6.71. The van der Waals surface area contributed by atoms with Crippen molar-refractivity contribution in [2.45, 2.75) is 40.2 Å². The molecule has 0 spiro atoms. The van der Waals surface area contributed by atoms with Gasteiger partial charge in [-0.2, -0.15) is 0 Å². The summed E-state index contributed by atoms with van der Waals surface area (Å²) in [5.74, 6) is -0.639. The molecule has 0 fully saturated rings. The predicted molar refractivity (Wildman–Crippen MR) is 75.6 cm³/mol. The molecule has 0 bridgehead atoms. The molecular weight excluding hydrogens is 248 g/mol. The van der Waals surface area contributed by atoms with Crippen LogP contribution in [0.3, 0.4) is 0 Å². The number of rotatable bonds is 6. The first-order chi connectivity index (χ1) is 8.88. The van der Waals surface area contributed by atoms with Crippen molar-refractivity contribution in [2.75, 3.05) is 23.8 Å². The minimum absolute atomic E-state index is 0.112. The molecule has 0 saturated heterocycles. The summed E-state index contributed by atoms with van der Waals surface area (Å²) in [6, 6.07) is 1.01. The number of pyridine rings is 1. The Bertz CT molecular complexity index is 421. The van der Waals surface area contributed by atoms with E-state index in [2.05, 4.69) is 24.1 Å². The lowest BCUT2D eigenvalue weighted by Crippen LogP contribution is -2.34. The summed E-state index contributed by atoms with van der Waals surface area (Å²) in [5, 5.41) is 2.87. The molecule has 0 saturated carbocycles. The third-order valence-corrected chi connectivity index (χ3v) is 3.36. The second-order valence-electron chi connectivity index (χ2n) is 5.15. The van der Waals surface area contributed by atoms with Crippen molar-refractivity contribution in [3.05, 3.63) is 17.7 Å². The molecule has 1 aromatic rings. The molecule has 1 atom stereocenters. The molecule has 1 rings (SSSR count). The van der Waals surface area contributed by atoms with Crippen molar-refractivity contribution in [1.29, 1.82) is 0 Å². The maximum absolute atomic E-state index is 13.9. The van der Waals surface area contributed by atoms with Crippen molar-refractivity contribution in [1.82, 2.24) is 4.98 Å². The lowest BCUT2D eigenvalue weighted by Gasteiger charge is -2.29. The summed E-state index contributed by atoms with van der Waals surface area (Å²) in [6.45, 7) is 8.69. The van der Waals surface area contributed by atoms with E-state index in [9.17, 15) is 8.78 Å². The highest BCUT2D eigenvalue weighted by molar-refractivity contribution is 5.49. The molecule has 3 nitrogen and oxygen atoms in total. The lowest BCUT2D eigenvalue weighted by molar-refractivity contribution is 0.490. The van der Waals surface area contributed by atoms with Gasteiger partial charge in [0.2, 0.25) is 0 Å². The molecule has 5 heteroatoms. The van der Waals surface area contributed by atoms with Gasteiger partial charge < -0.3 is 10.2 Å². The molecule has 0 aliphatic rings. The van der Waals surface area contributed by atoms with Gasteiger partial charge in [-0.25, -0.2) is 13.8 Å². The highest BCUT2D eigenvalue weighted by atomic mass is 19.1. The van der Waals surface area contributed by atoms with Gasteiger partial charge >= 0.3 is 0 Å². The Morgan fingerprint density at radius 3 is 2.42 bits per heavy atom. The van der Waals surface area contributed by atoms with Crippen molar-refractivity contribution < 1.29 is 8.78 Å². The molecule has 1 aromatic heterocycles. The highest BCUT2D eigenvalue weighted by Crippen LogP contribution is 2.24. The monoisotopic (exact) mass is 271 g/mol. The van der Waals surface area contributed by atoms with Gasteiger partial charge in [-0.1, -0.05) is 20.8 Å². The smallest absolute Gasteiger partial charge is 0.168 e. The number of nitrogens with zero attached hydrogens (tertiary/aromatic N) is 2. The van der Waals surface area contributed by atoms with Gasteiger partial charge in [-0.3, -0.25) is 0 Å². The van der Waals surface area contributed by atoms with E-state index in [-0.39, 0.29) is 17.7 Å². The van der Waals surface area contributed by atoms with E-state index in [1.54, 1.807) is 11.9 Å². The number of hydrogen-bond acceptors (Lipinski definition) is 3. The molecule has 1 N–H and O–H groups in total. The summed E-state index contributed by atoms with van der Waals surface area (Å²) in [6.07, 6.45) is 0.853. The Morgan fingerprint density at radius 1 is 1.26 bits per heavy atom. The van der Waals surface area contributed by atoms with Gasteiger partial charge in [0.05, 0.1) is 0 Å². The van der Waals surface area contributed by atoms with Crippen LogP contribution >= 0.6 is 0 Å². The molecule has 108 valence electrons. The van der Waals surface area contributed by atoms with Crippen molar-refractivity contribution in [2.24, 2.45) is 5.92 Å². The third kappa shape index (κ3) is 3.78. The number of halogens is 2. The minimum atomic E-state index is -0.652. The molecule has 0 aliphatic carbocycles. The van der Waals surface area contributed by atoms with Crippen molar-refractivity contribution in [3.63, 3.8) is 0 Å². The molecule has 0 radical (unpaired) electrons. The molecule has 1 unspecified atom stereocenters. The Balaban J connectivity index is 3.06. The maximum atomic E-state index is 13.9. The van der Waals surface area contributed by atoms with Crippen LogP contribution in [0.1, 0.15) is 34.1 Å². The standard InChI is InChI=1S/C14H23F2N3/c1-6-7-17-13-11(15)8-12(16)14(18-13)19(5)10(4)9(2)3/h8-10H,6-7H2,1-5H3,(H,17,18). The largest absolute Gasteiger partial charge is 0.368 e. The van der Waals surface area contributed by atoms with E-state index >= 15 is 0 Å². The fourth-order valence-corrected chi connectivity index (χ4v) is 1.71. The van der Waals surface area contributed by atoms with E-state index in [0.29, 0.717) is 12.5 Å². The normalized spacial score (nSPS) is 12.6. The zero-order chi connectivity index (χ0) is 14.6. The van der Waals surface area contributed by atoms with Gasteiger partial charge in [-0.15, -0.1) is 0 Å². The van der Waals surface area contributed by atoms with Crippen molar-refractivity contribution >= 4 is 11.6 Å². The van der Waals surface area contributed by atoms with Gasteiger partial charge in [0.25, 0.3) is 0 Å². The summed E-state index contributed by atoms with van der Waals surface area (Å²) in [7, 11) is 1.78. The minimum Gasteiger partial charge on any atom is -0.368 e. The molecule has 19 heavy (non-hydrogen) atoms. The highest BCUT2D eigenvalue weighted by Gasteiger charge is 2.20. The van der Waals surface area contributed by atoms with Crippen LogP contribution in [0.2, 0.25) is 0 Å². The van der Waals surface area contributed by atoms with Gasteiger partial charge in [0, 0.05) is 25.7 Å². The molecular formula is C14H23F2N3. The third-order valence-electron chi connectivity index (χ3n) is 3.36. The molecule has 0 amide bonds. The van der Waals surface area contributed by atoms with Gasteiger partial charge in [0.1, 0.15) is 0 Å². The summed E-state index contributed by atoms with van der Waals surface area (Å²) >= 11 is 0. The lowest BCUT2D eigenvalue weighted by atomic mass is 10.1. The Kier molecular flexibility index (Phi) is 5.51. The Morgan fingerprint density at radius 2 is 1.89 bits per heavy atom. The first kappa shape index (κ1) is 15.7. The summed E-state index contributed by atoms with van der Waals surface area (Å²) < 4.78 is 27.4. The topological polar surface area (TPSA) is 28.2 Å². The second kappa shape index (κ2) is 6.68. The number of anilines is 2. The zero-order valence-electron chi connectivity index (χ0n) is 12.3. The first-order valence-corrected chi connectivity index (χ1v) is 6.71. The Labute approximate surface area is 114 Å². The van der Waals surface area contributed by atoms with E-state index < -0.39 is 11.6 Å². The predicted octanol–water partition coefficient (Wildman–Crippen LogP) is 3.66. The SMILES string of the molecule is CCCNc1nc(N(C)C(C)C(C)C)c(F)cc1F. The fraction of sp³-hybridized carbons (Fsp3) is 0.643. The second-order valence-corrected chi connectivity index (χ2v) is 5.15. The van der Waals surface area contributed by atoms with Crippen LogP contribution in [0.5, 0.6) is 0 Å². The van der Waals surface area contributed by atoms with E-state index in [1.807, 2.05) is 13.8 Å². The van der Waals surface area contributed by atoms with Gasteiger partial charge in [0.15, 0.2) is 23.3 Å².